The van der Waals surface area contributed by atoms with Gasteiger partial charge in [-0.2, -0.15) is 10.1 Å². The molecule has 1 saturated heterocycles. The van der Waals surface area contributed by atoms with Gasteiger partial charge in [-0.1, -0.05) is 24.3 Å². The summed E-state index contributed by atoms with van der Waals surface area (Å²) >= 11 is 0. The van der Waals surface area contributed by atoms with Crippen LogP contribution in [0, 0.1) is 44.4 Å². The van der Waals surface area contributed by atoms with E-state index in [1.165, 1.54) is 5.56 Å². The molecule has 6 rings (SSSR count). The van der Waals surface area contributed by atoms with Crippen molar-refractivity contribution in [3.05, 3.63) is 65.0 Å². The fourth-order valence-corrected chi connectivity index (χ4v) is 5.37. The van der Waals surface area contributed by atoms with Gasteiger partial charge in [0.05, 0.1) is 18.1 Å². The molecular formula is C24H25N3O2. The van der Waals surface area contributed by atoms with Crippen molar-refractivity contribution in [3.63, 3.8) is 0 Å². The summed E-state index contributed by atoms with van der Waals surface area (Å²) < 4.78 is 2.17. The standard InChI is InChI=1S/C24H25N3O2/c1-14-5-4-6-20(11-14)26-15(2)12-19(16(26)3)13-25-27-23(28)21-17-7-8-18(10-9-17)22(21)24(27)29/h4-8,11-13,17-18,21-22H,9-10H2,1-3H3/b25-13-/t17-,18-,21-,22-/m0/s1. The van der Waals surface area contributed by atoms with Gasteiger partial charge >= 0.3 is 0 Å². The number of hydrazone groups is 1. The first-order valence-corrected chi connectivity index (χ1v) is 10.3. The molecule has 1 saturated carbocycles. The van der Waals surface area contributed by atoms with Crippen LogP contribution in [0.2, 0.25) is 0 Å². The van der Waals surface area contributed by atoms with Crippen molar-refractivity contribution in [3.8, 4) is 5.69 Å². The molecule has 148 valence electrons. The topological polar surface area (TPSA) is 54.7 Å². The van der Waals surface area contributed by atoms with Gasteiger partial charge in [0.15, 0.2) is 0 Å². The zero-order valence-corrected chi connectivity index (χ0v) is 17.0. The number of benzene rings is 1. The Labute approximate surface area is 170 Å². The average molecular weight is 387 g/mol. The van der Waals surface area contributed by atoms with Gasteiger partial charge in [0.2, 0.25) is 0 Å². The Morgan fingerprint density at radius 3 is 2.21 bits per heavy atom. The predicted molar refractivity (Wildman–Crippen MR) is 112 cm³/mol. The molecule has 0 radical (unpaired) electrons. The van der Waals surface area contributed by atoms with Crippen LogP contribution in [0.25, 0.3) is 5.69 Å². The molecule has 2 fully saturated rings. The second-order valence-corrected chi connectivity index (χ2v) is 8.58. The van der Waals surface area contributed by atoms with Crippen LogP contribution in [-0.2, 0) is 9.59 Å². The van der Waals surface area contributed by atoms with Crippen LogP contribution in [-0.4, -0.2) is 27.6 Å². The monoisotopic (exact) mass is 387 g/mol. The van der Waals surface area contributed by atoms with E-state index < -0.39 is 0 Å². The largest absolute Gasteiger partial charge is 0.318 e. The number of carbonyl (C=O) groups is 2. The van der Waals surface area contributed by atoms with Gasteiger partial charge in [0, 0.05) is 22.6 Å². The van der Waals surface area contributed by atoms with Crippen LogP contribution in [0.15, 0.2) is 47.6 Å². The molecule has 2 amide bonds. The lowest BCUT2D eigenvalue weighted by molar-refractivity contribution is -0.140. The number of carbonyl (C=O) groups excluding carboxylic acids is 2. The lowest BCUT2D eigenvalue weighted by Crippen LogP contribution is -2.38. The third-order valence-corrected chi connectivity index (χ3v) is 6.78. The van der Waals surface area contributed by atoms with Crippen molar-refractivity contribution in [1.82, 2.24) is 9.58 Å². The SMILES string of the molecule is Cc1cccc(-n2c(C)cc(/C=N\N3C(=O)[C@@H]4[C@@H](C3=O)[C@H]3C=C[C@H]4CC3)c2C)c1. The number of hydrogen-bond acceptors (Lipinski definition) is 3. The Balaban J connectivity index is 1.45. The molecule has 1 aromatic heterocycles. The maximum atomic E-state index is 12.9. The number of imide groups is 1. The van der Waals surface area contributed by atoms with E-state index in [1.807, 2.05) is 19.1 Å². The van der Waals surface area contributed by atoms with E-state index in [1.54, 1.807) is 6.21 Å². The predicted octanol–water partition coefficient (Wildman–Crippen LogP) is 3.93. The summed E-state index contributed by atoms with van der Waals surface area (Å²) in [5.41, 5.74) is 5.34. The molecule has 4 aliphatic rings. The number of amides is 2. The van der Waals surface area contributed by atoms with Crippen LogP contribution in [0.5, 0.6) is 0 Å². The van der Waals surface area contributed by atoms with Crippen molar-refractivity contribution in [2.45, 2.75) is 33.6 Å². The van der Waals surface area contributed by atoms with Crippen LogP contribution >= 0.6 is 0 Å². The summed E-state index contributed by atoms with van der Waals surface area (Å²) in [7, 11) is 0. The Bertz CT molecular complexity index is 1050. The lowest BCUT2D eigenvalue weighted by Gasteiger charge is -2.37. The first kappa shape index (κ1) is 18.1. The molecule has 0 N–H and O–H groups in total. The number of nitrogens with zero attached hydrogens (tertiary/aromatic N) is 3. The van der Waals surface area contributed by atoms with E-state index in [9.17, 15) is 9.59 Å². The van der Waals surface area contributed by atoms with Gasteiger partial charge in [0.1, 0.15) is 0 Å². The van der Waals surface area contributed by atoms with Crippen LogP contribution in [0.3, 0.4) is 0 Å². The van der Waals surface area contributed by atoms with E-state index in [4.69, 9.17) is 0 Å². The third-order valence-electron chi connectivity index (χ3n) is 6.78. The molecule has 2 heterocycles. The number of rotatable bonds is 3. The van der Waals surface area contributed by atoms with Crippen LogP contribution < -0.4 is 0 Å². The van der Waals surface area contributed by atoms with Crippen molar-refractivity contribution < 1.29 is 9.59 Å². The Hall–Kier alpha value is -2.95. The molecule has 4 atom stereocenters. The molecule has 2 bridgehead atoms. The van der Waals surface area contributed by atoms with Gasteiger partial charge in [-0.05, 0) is 69.2 Å². The molecule has 3 aliphatic carbocycles. The van der Waals surface area contributed by atoms with E-state index in [0.29, 0.717) is 0 Å². The van der Waals surface area contributed by atoms with Crippen molar-refractivity contribution >= 4 is 18.0 Å². The van der Waals surface area contributed by atoms with Crippen molar-refractivity contribution in [2.24, 2.45) is 28.8 Å². The number of aromatic nitrogens is 1. The van der Waals surface area contributed by atoms with Gasteiger partial charge in [-0.3, -0.25) is 9.59 Å². The van der Waals surface area contributed by atoms with E-state index >= 15 is 0 Å². The van der Waals surface area contributed by atoms with Gasteiger partial charge in [0.25, 0.3) is 11.8 Å². The minimum atomic E-state index is -0.219. The van der Waals surface area contributed by atoms with Gasteiger partial charge < -0.3 is 4.57 Å². The zero-order chi connectivity index (χ0) is 20.3. The van der Waals surface area contributed by atoms with E-state index in [-0.39, 0.29) is 35.5 Å². The quantitative estimate of drug-likeness (QED) is 0.455. The highest BCUT2D eigenvalue weighted by atomic mass is 16.2. The highest BCUT2D eigenvalue weighted by molar-refractivity contribution is 6.06. The summed E-state index contributed by atoms with van der Waals surface area (Å²) in [6.07, 6.45) is 7.91. The van der Waals surface area contributed by atoms with Crippen molar-refractivity contribution in [1.29, 1.82) is 0 Å². The molecule has 1 aliphatic heterocycles. The summed E-state index contributed by atoms with van der Waals surface area (Å²) in [5, 5.41) is 5.50. The second kappa shape index (κ2) is 6.55. The Morgan fingerprint density at radius 1 is 0.966 bits per heavy atom. The summed E-state index contributed by atoms with van der Waals surface area (Å²) in [5.74, 6) is -0.335. The fourth-order valence-electron chi connectivity index (χ4n) is 5.37. The minimum absolute atomic E-state index is 0.136. The summed E-state index contributed by atoms with van der Waals surface area (Å²) in [6.45, 7) is 6.16. The molecule has 0 spiro atoms. The second-order valence-electron chi connectivity index (χ2n) is 8.58. The lowest BCUT2D eigenvalue weighted by atomic mass is 9.63. The van der Waals surface area contributed by atoms with E-state index in [0.717, 1.165) is 40.5 Å². The normalized spacial score (nSPS) is 28.0. The average Bonchev–Trinajstić information content (AvgIpc) is 3.15. The Morgan fingerprint density at radius 2 is 1.62 bits per heavy atom. The van der Waals surface area contributed by atoms with E-state index in [2.05, 4.69) is 53.9 Å². The molecular weight excluding hydrogens is 362 g/mol. The first-order valence-electron chi connectivity index (χ1n) is 10.3. The molecule has 0 unspecified atom stereocenters. The zero-order valence-electron chi connectivity index (χ0n) is 17.0. The fraction of sp³-hybridized carbons (Fsp3) is 0.375. The highest BCUT2D eigenvalue weighted by Crippen LogP contribution is 2.49. The number of fused-ring (bicyclic) bond motifs is 1. The number of aryl methyl sites for hydroxylation is 2. The van der Waals surface area contributed by atoms with Crippen LogP contribution in [0.4, 0.5) is 0 Å². The summed E-state index contributed by atoms with van der Waals surface area (Å²) in [6, 6.07) is 10.4. The minimum Gasteiger partial charge on any atom is -0.318 e. The molecule has 5 heteroatoms. The summed E-state index contributed by atoms with van der Waals surface area (Å²) in [4.78, 5) is 25.9. The molecule has 29 heavy (non-hydrogen) atoms. The molecule has 2 aromatic rings. The first-order chi connectivity index (χ1) is 14.0. The van der Waals surface area contributed by atoms with Gasteiger partial charge in [-0.15, -0.1) is 0 Å². The van der Waals surface area contributed by atoms with Gasteiger partial charge in [-0.25, -0.2) is 0 Å². The smallest absolute Gasteiger partial charge is 0.254 e. The maximum absolute atomic E-state index is 12.9. The third kappa shape index (κ3) is 2.71. The molecule has 1 aromatic carbocycles. The Kier molecular flexibility index (Phi) is 4.09. The van der Waals surface area contributed by atoms with Crippen LogP contribution in [0.1, 0.15) is 35.4 Å². The highest BCUT2D eigenvalue weighted by Gasteiger charge is 2.56. The number of allylic oxidation sites excluding steroid dienone is 2. The molecule has 5 nitrogen and oxygen atoms in total. The maximum Gasteiger partial charge on any atom is 0.254 e. The number of hydrogen-bond donors (Lipinski definition) is 0. The van der Waals surface area contributed by atoms with Crippen molar-refractivity contribution in [2.75, 3.05) is 0 Å².